The van der Waals surface area contributed by atoms with E-state index in [2.05, 4.69) is 12.1 Å². The summed E-state index contributed by atoms with van der Waals surface area (Å²) in [7, 11) is -3.79. The topological polar surface area (TPSA) is 60.7 Å². The fourth-order valence-corrected chi connectivity index (χ4v) is 3.19. The molecule has 0 saturated heterocycles. The maximum absolute atomic E-state index is 8.79. The maximum Gasteiger partial charge on any atom is 0.492 e. The van der Waals surface area contributed by atoms with E-state index in [0.29, 0.717) is 6.42 Å². The van der Waals surface area contributed by atoms with Crippen molar-refractivity contribution in [2.75, 3.05) is 11.5 Å². The lowest BCUT2D eigenvalue weighted by Crippen LogP contribution is -2.34. The van der Waals surface area contributed by atoms with Crippen molar-refractivity contribution in [1.82, 2.24) is 0 Å². The first-order valence-electron chi connectivity index (χ1n) is 5.37. The van der Waals surface area contributed by atoms with Gasteiger partial charge in [0.05, 0.1) is 0 Å². The highest BCUT2D eigenvalue weighted by Crippen LogP contribution is 2.11. The Kier molecular flexibility index (Phi) is 6.08. The summed E-state index contributed by atoms with van der Waals surface area (Å²) in [4.78, 5) is 26.4. The third-order valence-electron chi connectivity index (χ3n) is 2.18. The molecule has 0 heterocycles. The van der Waals surface area contributed by atoms with E-state index in [9.17, 15) is 0 Å². The maximum atomic E-state index is 8.79. The number of hydrogen-bond donors (Lipinski definition) is 3. The number of benzene rings is 1. The van der Waals surface area contributed by atoms with Gasteiger partial charge in [-0.1, -0.05) is 30.3 Å². The van der Waals surface area contributed by atoms with E-state index in [-0.39, 0.29) is 6.04 Å². The molecule has 0 radical (unpaired) electrons. The summed E-state index contributed by atoms with van der Waals surface area (Å²) in [6.07, 6.45) is 1.70. The van der Waals surface area contributed by atoms with Crippen molar-refractivity contribution in [3.63, 3.8) is 0 Å². The molecule has 0 aliphatic heterocycles. The Bertz CT molecular complexity index is 287. The molecule has 90 valence electrons. The molecule has 0 unspecified atom stereocenters. The van der Waals surface area contributed by atoms with Crippen LogP contribution in [0.25, 0.3) is 0 Å². The van der Waals surface area contributed by atoms with Crippen LogP contribution >= 0.6 is 11.8 Å². The molecular formula is C11H18O3SSi. The average molecular weight is 258 g/mol. The number of aryl methyl sites for hydroxylation is 1. The van der Waals surface area contributed by atoms with E-state index >= 15 is 0 Å². The summed E-state index contributed by atoms with van der Waals surface area (Å²) in [5.74, 6) is 1.89. The van der Waals surface area contributed by atoms with Gasteiger partial charge in [-0.25, -0.2) is 0 Å². The van der Waals surface area contributed by atoms with Gasteiger partial charge < -0.3 is 14.4 Å². The van der Waals surface area contributed by atoms with Crippen LogP contribution in [-0.2, 0) is 6.42 Å². The molecule has 0 aliphatic rings. The first-order chi connectivity index (χ1) is 7.58. The summed E-state index contributed by atoms with van der Waals surface area (Å²) in [6, 6.07) is 10.4. The first-order valence-corrected chi connectivity index (χ1v) is 8.57. The van der Waals surface area contributed by atoms with Gasteiger partial charge in [0, 0.05) is 6.04 Å². The van der Waals surface area contributed by atoms with Crippen molar-refractivity contribution in [3.05, 3.63) is 35.9 Å². The van der Waals surface area contributed by atoms with Crippen molar-refractivity contribution in [2.45, 2.75) is 18.9 Å². The second-order valence-corrected chi connectivity index (χ2v) is 7.00. The van der Waals surface area contributed by atoms with Gasteiger partial charge in [-0.05, 0) is 29.9 Å². The lowest BCUT2D eigenvalue weighted by atomic mass is 10.2. The second-order valence-electron chi connectivity index (χ2n) is 3.73. The van der Waals surface area contributed by atoms with E-state index in [4.69, 9.17) is 14.4 Å². The van der Waals surface area contributed by atoms with Crippen LogP contribution in [0.1, 0.15) is 12.0 Å². The van der Waals surface area contributed by atoms with Gasteiger partial charge in [-0.15, -0.1) is 0 Å². The number of hydrogen-bond acceptors (Lipinski definition) is 4. The minimum Gasteiger partial charge on any atom is -0.390 e. The predicted octanol–water partition coefficient (Wildman–Crippen LogP) is 1.27. The number of rotatable bonds is 7. The fourth-order valence-electron chi connectivity index (χ4n) is 1.35. The van der Waals surface area contributed by atoms with Gasteiger partial charge >= 0.3 is 8.80 Å². The summed E-state index contributed by atoms with van der Waals surface area (Å²) < 4.78 is 0. The SMILES string of the molecule is O[Si](O)(O)CCCSCCc1ccccc1. The lowest BCUT2D eigenvalue weighted by molar-refractivity contribution is 0.227. The average Bonchev–Trinajstić information content (AvgIpc) is 2.23. The Balaban J connectivity index is 2.01. The predicted molar refractivity (Wildman–Crippen MR) is 69.3 cm³/mol. The molecule has 1 aromatic carbocycles. The van der Waals surface area contributed by atoms with Gasteiger partial charge in [0.25, 0.3) is 0 Å². The first kappa shape index (κ1) is 13.7. The molecule has 3 nitrogen and oxygen atoms in total. The molecule has 0 fully saturated rings. The van der Waals surface area contributed by atoms with Crippen molar-refractivity contribution in [1.29, 1.82) is 0 Å². The van der Waals surface area contributed by atoms with Gasteiger partial charge in [-0.3, -0.25) is 0 Å². The van der Waals surface area contributed by atoms with Crippen molar-refractivity contribution in [2.24, 2.45) is 0 Å². The van der Waals surface area contributed by atoms with E-state index in [0.717, 1.165) is 17.9 Å². The third kappa shape index (κ3) is 7.03. The molecule has 3 N–H and O–H groups in total. The normalized spacial score (nSPS) is 11.7. The quantitative estimate of drug-likeness (QED) is 0.509. The molecule has 0 aromatic heterocycles. The largest absolute Gasteiger partial charge is 0.492 e. The van der Waals surface area contributed by atoms with E-state index in [1.54, 1.807) is 11.8 Å². The lowest BCUT2D eigenvalue weighted by Gasteiger charge is -2.08. The van der Waals surface area contributed by atoms with Gasteiger partial charge in [0.2, 0.25) is 0 Å². The Hall–Kier alpha value is -0.333. The summed E-state index contributed by atoms with van der Waals surface area (Å²) >= 11 is 1.78. The van der Waals surface area contributed by atoms with Crippen LogP contribution in [0.3, 0.4) is 0 Å². The van der Waals surface area contributed by atoms with Crippen LogP contribution in [0.4, 0.5) is 0 Å². The minimum absolute atomic E-state index is 0.144. The zero-order chi connectivity index (χ0) is 11.9. The second kappa shape index (κ2) is 7.08. The standard InChI is InChI=1S/C11H18O3SSi/c12-16(13,14)10-4-8-15-9-7-11-5-2-1-3-6-11/h1-3,5-6,12-14H,4,7-10H2. The van der Waals surface area contributed by atoms with Crippen LogP contribution < -0.4 is 0 Å². The van der Waals surface area contributed by atoms with Crippen molar-refractivity contribution in [3.8, 4) is 0 Å². The molecule has 16 heavy (non-hydrogen) atoms. The van der Waals surface area contributed by atoms with Gasteiger partial charge in [0.15, 0.2) is 0 Å². The van der Waals surface area contributed by atoms with Crippen LogP contribution in [0.2, 0.25) is 6.04 Å². The molecule has 0 spiro atoms. The molecule has 1 aromatic rings. The Labute approximate surface area is 102 Å². The highest BCUT2D eigenvalue weighted by atomic mass is 32.2. The van der Waals surface area contributed by atoms with Gasteiger partial charge in [0.1, 0.15) is 0 Å². The zero-order valence-electron chi connectivity index (χ0n) is 9.17. The summed E-state index contributed by atoms with van der Waals surface area (Å²) in [5.41, 5.74) is 1.32. The zero-order valence-corrected chi connectivity index (χ0v) is 11.0. The highest BCUT2D eigenvalue weighted by Gasteiger charge is 2.25. The van der Waals surface area contributed by atoms with Crippen molar-refractivity contribution >= 4 is 20.6 Å². The Morgan fingerprint density at radius 2 is 1.69 bits per heavy atom. The van der Waals surface area contributed by atoms with Crippen molar-refractivity contribution < 1.29 is 14.4 Å². The Morgan fingerprint density at radius 1 is 1.00 bits per heavy atom. The fraction of sp³-hybridized carbons (Fsp3) is 0.455. The van der Waals surface area contributed by atoms with Crippen LogP contribution in [0, 0.1) is 0 Å². The van der Waals surface area contributed by atoms with Crippen LogP contribution in [0.5, 0.6) is 0 Å². The van der Waals surface area contributed by atoms with Crippen LogP contribution in [-0.4, -0.2) is 34.7 Å². The third-order valence-corrected chi connectivity index (χ3v) is 4.27. The molecule has 0 amide bonds. The summed E-state index contributed by atoms with van der Waals surface area (Å²) in [5, 5.41) is 0. The number of thioether (sulfide) groups is 1. The highest BCUT2D eigenvalue weighted by molar-refractivity contribution is 7.99. The van der Waals surface area contributed by atoms with Gasteiger partial charge in [-0.2, -0.15) is 11.8 Å². The minimum atomic E-state index is -3.79. The smallest absolute Gasteiger partial charge is 0.390 e. The summed E-state index contributed by atoms with van der Waals surface area (Å²) in [6.45, 7) is 0. The Morgan fingerprint density at radius 3 is 2.31 bits per heavy atom. The molecular weight excluding hydrogens is 240 g/mol. The molecule has 1 rings (SSSR count). The molecule has 0 bridgehead atoms. The molecule has 0 atom stereocenters. The molecule has 5 heteroatoms. The molecule has 0 saturated carbocycles. The van der Waals surface area contributed by atoms with E-state index < -0.39 is 8.80 Å². The van der Waals surface area contributed by atoms with E-state index in [1.807, 2.05) is 18.2 Å². The molecule has 0 aliphatic carbocycles. The van der Waals surface area contributed by atoms with E-state index in [1.165, 1.54) is 5.56 Å². The van der Waals surface area contributed by atoms with Crippen LogP contribution in [0.15, 0.2) is 30.3 Å². The monoisotopic (exact) mass is 258 g/mol.